The van der Waals surface area contributed by atoms with Gasteiger partial charge in [-0.05, 0) is 37.4 Å². The smallest absolute Gasteiger partial charge is 0.234 e. The van der Waals surface area contributed by atoms with Gasteiger partial charge in [-0.1, -0.05) is 0 Å². The molecule has 5 heteroatoms. The van der Waals surface area contributed by atoms with Crippen LogP contribution in [0.25, 0.3) is 0 Å². The molecular formula is C14H25N3OS. The van der Waals surface area contributed by atoms with Crippen LogP contribution in [0.5, 0.6) is 0 Å². The Labute approximate surface area is 120 Å². The molecule has 0 aromatic heterocycles. The number of nitrogens with zero attached hydrogens (tertiary/aromatic N) is 1. The zero-order valence-electron chi connectivity index (χ0n) is 11.8. The standard InChI is InChI=1S/C14H25N3OS/c1-19-5-4-15-13(18)8-17-9-14(10-17)6-12(7-14)16-11-2-3-11/h11-12,16H,2-10H2,1H3,(H,15,18). The van der Waals surface area contributed by atoms with Gasteiger partial charge in [-0.3, -0.25) is 9.69 Å². The third-order valence-electron chi connectivity index (χ3n) is 4.52. The first-order valence-corrected chi connectivity index (χ1v) is 8.83. The number of rotatable bonds is 7. The molecule has 108 valence electrons. The Hall–Kier alpha value is -0.260. The normalized spacial score (nSPS) is 25.9. The molecule has 1 spiro atoms. The van der Waals surface area contributed by atoms with E-state index in [-0.39, 0.29) is 5.91 Å². The molecule has 3 rings (SSSR count). The molecule has 0 radical (unpaired) electrons. The maximum Gasteiger partial charge on any atom is 0.234 e. The first-order chi connectivity index (χ1) is 9.19. The molecule has 3 aliphatic rings. The summed E-state index contributed by atoms with van der Waals surface area (Å²) in [6.07, 6.45) is 7.48. The van der Waals surface area contributed by atoms with Gasteiger partial charge in [-0.2, -0.15) is 11.8 Å². The van der Waals surface area contributed by atoms with E-state index in [1.807, 2.05) is 0 Å². The van der Waals surface area contributed by atoms with Crippen molar-refractivity contribution < 1.29 is 4.79 Å². The van der Waals surface area contributed by atoms with Crippen LogP contribution in [0.2, 0.25) is 0 Å². The second-order valence-electron chi connectivity index (χ2n) is 6.53. The van der Waals surface area contributed by atoms with Crippen LogP contribution in [-0.2, 0) is 4.79 Å². The van der Waals surface area contributed by atoms with Crippen molar-refractivity contribution in [3.8, 4) is 0 Å². The van der Waals surface area contributed by atoms with Gasteiger partial charge in [-0.25, -0.2) is 0 Å². The lowest BCUT2D eigenvalue weighted by Gasteiger charge is -2.59. The average Bonchev–Trinajstić information content (AvgIpc) is 3.07. The summed E-state index contributed by atoms with van der Waals surface area (Å²) in [6, 6.07) is 1.60. The van der Waals surface area contributed by atoms with Gasteiger partial charge >= 0.3 is 0 Å². The lowest BCUT2D eigenvalue weighted by atomic mass is 9.60. The van der Waals surface area contributed by atoms with E-state index in [1.54, 1.807) is 11.8 Å². The van der Waals surface area contributed by atoms with E-state index >= 15 is 0 Å². The molecule has 2 saturated carbocycles. The molecule has 0 aromatic carbocycles. The highest BCUT2D eigenvalue weighted by atomic mass is 32.2. The van der Waals surface area contributed by atoms with E-state index in [4.69, 9.17) is 0 Å². The van der Waals surface area contributed by atoms with Gasteiger partial charge in [0, 0.05) is 37.5 Å². The highest BCUT2D eigenvalue weighted by molar-refractivity contribution is 7.98. The quantitative estimate of drug-likeness (QED) is 0.675. The minimum atomic E-state index is 0.191. The summed E-state index contributed by atoms with van der Waals surface area (Å²) >= 11 is 1.77. The van der Waals surface area contributed by atoms with E-state index in [2.05, 4.69) is 21.8 Å². The van der Waals surface area contributed by atoms with E-state index in [1.165, 1.54) is 25.7 Å². The first kappa shape index (κ1) is 13.7. The third-order valence-corrected chi connectivity index (χ3v) is 5.13. The molecule has 1 heterocycles. The minimum absolute atomic E-state index is 0.191. The predicted molar refractivity (Wildman–Crippen MR) is 79.4 cm³/mol. The number of hydrogen-bond acceptors (Lipinski definition) is 4. The Kier molecular flexibility index (Phi) is 4.06. The van der Waals surface area contributed by atoms with E-state index in [0.717, 1.165) is 37.5 Å². The van der Waals surface area contributed by atoms with Gasteiger partial charge in [-0.15, -0.1) is 0 Å². The SMILES string of the molecule is CSCCNC(=O)CN1CC2(CC(NC3CC3)C2)C1. The number of hydrogen-bond donors (Lipinski definition) is 2. The largest absolute Gasteiger partial charge is 0.354 e. The average molecular weight is 283 g/mol. The number of likely N-dealkylation sites (tertiary alicyclic amines) is 1. The molecule has 1 amide bonds. The molecule has 3 fully saturated rings. The Morgan fingerprint density at radius 1 is 1.32 bits per heavy atom. The fraction of sp³-hybridized carbons (Fsp3) is 0.929. The molecule has 2 aliphatic carbocycles. The van der Waals surface area contributed by atoms with Gasteiger partial charge in [0.25, 0.3) is 0 Å². The van der Waals surface area contributed by atoms with Crippen molar-refractivity contribution in [2.24, 2.45) is 5.41 Å². The topological polar surface area (TPSA) is 44.4 Å². The zero-order valence-corrected chi connectivity index (χ0v) is 12.6. The molecule has 0 unspecified atom stereocenters. The molecule has 0 aromatic rings. The number of amides is 1. The van der Waals surface area contributed by atoms with E-state index < -0.39 is 0 Å². The number of carbonyl (C=O) groups excluding carboxylic acids is 1. The van der Waals surface area contributed by atoms with Crippen molar-refractivity contribution in [3.05, 3.63) is 0 Å². The highest BCUT2D eigenvalue weighted by Crippen LogP contribution is 2.48. The van der Waals surface area contributed by atoms with Crippen molar-refractivity contribution in [1.82, 2.24) is 15.5 Å². The summed E-state index contributed by atoms with van der Waals surface area (Å²) in [6.45, 7) is 3.65. The van der Waals surface area contributed by atoms with Crippen molar-refractivity contribution in [1.29, 1.82) is 0 Å². The molecule has 2 N–H and O–H groups in total. The second-order valence-corrected chi connectivity index (χ2v) is 7.52. The minimum Gasteiger partial charge on any atom is -0.354 e. The predicted octanol–water partition coefficient (Wildman–Crippen LogP) is 0.682. The van der Waals surface area contributed by atoms with Crippen LogP contribution < -0.4 is 10.6 Å². The molecule has 1 saturated heterocycles. The van der Waals surface area contributed by atoms with Crippen LogP contribution in [0, 0.1) is 5.41 Å². The molecule has 0 atom stereocenters. The Morgan fingerprint density at radius 2 is 2.05 bits per heavy atom. The van der Waals surface area contributed by atoms with E-state index in [0.29, 0.717) is 12.0 Å². The monoisotopic (exact) mass is 283 g/mol. The van der Waals surface area contributed by atoms with Gasteiger partial charge in [0.05, 0.1) is 6.54 Å². The number of thioether (sulfide) groups is 1. The van der Waals surface area contributed by atoms with Crippen LogP contribution in [0.1, 0.15) is 25.7 Å². The summed E-state index contributed by atoms with van der Waals surface area (Å²) in [7, 11) is 0. The molecule has 0 bridgehead atoms. The maximum absolute atomic E-state index is 11.7. The lowest BCUT2D eigenvalue weighted by molar-refractivity contribution is -0.130. The number of nitrogens with one attached hydrogen (secondary N) is 2. The summed E-state index contributed by atoms with van der Waals surface area (Å²) in [5, 5.41) is 6.68. The van der Waals surface area contributed by atoms with Crippen LogP contribution >= 0.6 is 11.8 Å². The van der Waals surface area contributed by atoms with Crippen LogP contribution in [0.4, 0.5) is 0 Å². The summed E-state index contributed by atoms with van der Waals surface area (Å²) in [5.41, 5.74) is 0.562. The fourth-order valence-electron chi connectivity index (χ4n) is 3.51. The highest BCUT2D eigenvalue weighted by Gasteiger charge is 2.52. The zero-order chi connectivity index (χ0) is 13.3. The Balaban J connectivity index is 1.27. The second kappa shape index (κ2) is 5.62. The van der Waals surface area contributed by atoms with Gasteiger partial charge in [0.15, 0.2) is 0 Å². The van der Waals surface area contributed by atoms with Crippen LogP contribution in [-0.4, -0.2) is 61.1 Å². The molecular weight excluding hydrogens is 258 g/mol. The van der Waals surface area contributed by atoms with Crippen molar-refractivity contribution >= 4 is 17.7 Å². The van der Waals surface area contributed by atoms with Gasteiger partial charge < -0.3 is 10.6 Å². The van der Waals surface area contributed by atoms with Gasteiger partial charge in [0.1, 0.15) is 0 Å². The maximum atomic E-state index is 11.7. The van der Waals surface area contributed by atoms with Crippen LogP contribution in [0.3, 0.4) is 0 Å². The summed E-state index contributed by atoms with van der Waals surface area (Å²) in [5.74, 6) is 1.19. The Bertz CT molecular complexity index is 332. The van der Waals surface area contributed by atoms with E-state index in [9.17, 15) is 4.79 Å². The first-order valence-electron chi connectivity index (χ1n) is 7.43. The van der Waals surface area contributed by atoms with Crippen LogP contribution in [0.15, 0.2) is 0 Å². The molecule has 19 heavy (non-hydrogen) atoms. The van der Waals surface area contributed by atoms with Gasteiger partial charge in [0.2, 0.25) is 5.91 Å². The van der Waals surface area contributed by atoms with Crippen molar-refractivity contribution in [3.63, 3.8) is 0 Å². The molecule has 1 aliphatic heterocycles. The fourth-order valence-corrected chi connectivity index (χ4v) is 3.82. The lowest BCUT2D eigenvalue weighted by Crippen LogP contribution is -2.67. The summed E-state index contributed by atoms with van der Waals surface area (Å²) < 4.78 is 0. The number of carbonyl (C=O) groups is 1. The molecule has 4 nitrogen and oxygen atoms in total. The third kappa shape index (κ3) is 3.44. The van der Waals surface area contributed by atoms with Crippen molar-refractivity contribution in [2.75, 3.05) is 38.2 Å². The van der Waals surface area contributed by atoms with Crippen molar-refractivity contribution in [2.45, 2.75) is 37.8 Å². The summed E-state index contributed by atoms with van der Waals surface area (Å²) in [4.78, 5) is 14.0. The Morgan fingerprint density at radius 3 is 2.68 bits per heavy atom.